The molecule has 0 unspecified atom stereocenters. The van der Waals surface area contributed by atoms with Crippen molar-refractivity contribution in [3.63, 3.8) is 0 Å². The number of benzene rings is 1. The van der Waals surface area contributed by atoms with Crippen LogP contribution in [0.4, 0.5) is 24.5 Å². The molecule has 0 fully saturated rings. The van der Waals surface area contributed by atoms with Crippen molar-refractivity contribution in [1.82, 2.24) is 0 Å². The van der Waals surface area contributed by atoms with Crippen LogP contribution < -0.4 is 10.2 Å². The molecule has 0 bridgehead atoms. The number of carbonyl (C=O) groups is 1. The maximum absolute atomic E-state index is 12.8. The van der Waals surface area contributed by atoms with Crippen LogP contribution in [0.3, 0.4) is 0 Å². The fourth-order valence-electron chi connectivity index (χ4n) is 1.85. The van der Waals surface area contributed by atoms with Gasteiger partial charge in [0.2, 0.25) is 5.91 Å². The Morgan fingerprint density at radius 1 is 1.27 bits per heavy atom. The number of nitrogens with one attached hydrogen (secondary N) is 1. The molecule has 0 aliphatic heterocycles. The molecule has 0 saturated carbocycles. The van der Waals surface area contributed by atoms with Gasteiger partial charge in [-0.05, 0) is 18.2 Å². The van der Waals surface area contributed by atoms with Gasteiger partial charge in [0.1, 0.15) is 5.88 Å². The van der Waals surface area contributed by atoms with Gasteiger partial charge in [0, 0.05) is 13.1 Å². The minimum absolute atomic E-state index is 0.0455. The van der Waals surface area contributed by atoms with Crippen LogP contribution in [0.5, 0.6) is 0 Å². The third kappa shape index (κ3) is 4.80. The van der Waals surface area contributed by atoms with E-state index in [2.05, 4.69) is 18.5 Å². The molecule has 1 aromatic carbocycles. The molecule has 0 radical (unpaired) electrons. The van der Waals surface area contributed by atoms with Crippen LogP contribution in [0.2, 0.25) is 0 Å². The molecule has 7 heteroatoms. The second kappa shape index (κ2) is 7.89. The van der Waals surface area contributed by atoms with Crippen molar-refractivity contribution in [2.24, 2.45) is 0 Å². The van der Waals surface area contributed by atoms with Gasteiger partial charge in [0.15, 0.2) is 0 Å². The van der Waals surface area contributed by atoms with Crippen molar-refractivity contribution in [3.05, 3.63) is 49.1 Å². The minimum atomic E-state index is -4.50. The maximum Gasteiger partial charge on any atom is 0.416 e. The van der Waals surface area contributed by atoms with E-state index in [9.17, 15) is 18.0 Å². The lowest BCUT2D eigenvalue weighted by molar-refractivity contribution is -0.137. The first-order valence-electron chi connectivity index (χ1n) is 6.37. The van der Waals surface area contributed by atoms with Crippen LogP contribution >= 0.6 is 11.6 Å². The van der Waals surface area contributed by atoms with E-state index in [-0.39, 0.29) is 11.6 Å². The first kappa shape index (κ1) is 18.1. The molecule has 1 rings (SSSR count). The van der Waals surface area contributed by atoms with Crippen molar-refractivity contribution in [3.8, 4) is 0 Å². The highest BCUT2D eigenvalue weighted by atomic mass is 35.5. The Hall–Kier alpha value is -1.95. The topological polar surface area (TPSA) is 32.3 Å². The minimum Gasteiger partial charge on any atom is -0.362 e. The van der Waals surface area contributed by atoms with Gasteiger partial charge in [0.05, 0.1) is 16.9 Å². The largest absolute Gasteiger partial charge is 0.416 e. The van der Waals surface area contributed by atoms with Gasteiger partial charge in [-0.3, -0.25) is 4.79 Å². The smallest absolute Gasteiger partial charge is 0.362 e. The molecule has 1 aromatic rings. The fraction of sp³-hybridized carbons (Fsp3) is 0.267. The summed E-state index contributed by atoms with van der Waals surface area (Å²) in [6.45, 7) is 7.99. The molecule has 22 heavy (non-hydrogen) atoms. The lowest BCUT2D eigenvalue weighted by Crippen LogP contribution is -2.25. The van der Waals surface area contributed by atoms with Gasteiger partial charge in [-0.25, -0.2) is 0 Å². The molecule has 0 atom stereocenters. The van der Waals surface area contributed by atoms with Gasteiger partial charge >= 0.3 is 6.18 Å². The van der Waals surface area contributed by atoms with Crippen molar-refractivity contribution in [2.45, 2.75) is 6.18 Å². The van der Waals surface area contributed by atoms with E-state index in [1.54, 1.807) is 17.1 Å². The summed E-state index contributed by atoms with van der Waals surface area (Å²) in [6.07, 6.45) is -1.29. The first-order valence-corrected chi connectivity index (χ1v) is 6.90. The van der Waals surface area contributed by atoms with E-state index in [1.807, 2.05) is 0 Å². The van der Waals surface area contributed by atoms with E-state index in [0.717, 1.165) is 12.1 Å². The summed E-state index contributed by atoms with van der Waals surface area (Å²) in [5, 5.41) is 2.39. The highest BCUT2D eigenvalue weighted by Crippen LogP contribution is 2.35. The lowest BCUT2D eigenvalue weighted by Gasteiger charge is -2.25. The molecule has 0 saturated heterocycles. The molecule has 0 aliphatic rings. The summed E-state index contributed by atoms with van der Waals surface area (Å²) in [6, 6.07) is 3.16. The number of nitrogens with zero attached hydrogens (tertiary/aromatic N) is 1. The first-order chi connectivity index (χ1) is 10.3. The van der Waals surface area contributed by atoms with Gasteiger partial charge < -0.3 is 10.2 Å². The molecular weight excluding hydrogens is 317 g/mol. The average Bonchev–Trinajstić information content (AvgIpc) is 2.46. The summed E-state index contributed by atoms with van der Waals surface area (Å²) in [7, 11) is 0. The predicted molar refractivity (Wildman–Crippen MR) is 83.4 cm³/mol. The number of anilines is 2. The quantitative estimate of drug-likeness (QED) is 0.603. The van der Waals surface area contributed by atoms with Crippen LogP contribution in [0, 0.1) is 0 Å². The van der Waals surface area contributed by atoms with Crippen LogP contribution in [-0.2, 0) is 11.0 Å². The number of hydrogen-bond donors (Lipinski definition) is 1. The van der Waals surface area contributed by atoms with E-state index in [1.165, 1.54) is 6.07 Å². The standard InChI is InChI=1S/C15H16ClF3N2O/c1-3-7-21(8-4-2)13-6-5-11(15(17,18)19)9-12(13)20-14(22)10-16/h3-6,9H,1-2,7-8,10H2,(H,20,22). The molecule has 0 spiro atoms. The van der Waals surface area contributed by atoms with Crippen LogP contribution in [0.25, 0.3) is 0 Å². The number of rotatable bonds is 7. The number of alkyl halides is 4. The van der Waals surface area contributed by atoms with E-state index in [4.69, 9.17) is 11.6 Å². The third-order valence-electron chi connectivity index (χ3n) is 2.76. The zero-order valence-electron chi connectivity index (χ0n) is 11.8. The monoisotopic (exact) mass is 332 g/mol. The second-order valence-corrected chi connectivity index (χ2v) is 4.66. The normalized spacial score (nSPS) is 10.9. The van der Waals surface area contributed by atoms with Crippen molar-refractivity contribution in [1.29, 1.82) is 0 Å². The van der Waals surface area contributed by atoms with Gasteiger partial charge in [0.25, 0.3) is 0 Å². The van der Waals surface area contributed by atoms with Gasteiger partial charge in [-0.1, -0.05) is 12.2 Å². The molecule has 0 aliphatic carbocycles. The van der Waals surface area contributed by atoms with Crippen molar-refractivity contribution >= 4 is 28.9 Å². The van der Waals surface area contributed by atoms with Crippen molar-refractivity contribution < 1.29 is 18.0 Å². The van der Waals surface area contributed by atoms with Crippen LogP contribution in [-0.4, -0.2) is 24.9 Å². The van der Waals surface area contributed by atoms with E-state index >= 15 is 0 Å². The highest BCUT2D eigenvalue weighted by Gasteiger charge is 2.31. The molecule has 1 amide bonds. The van der Waals surface area contributed by atoms with Crippen LogP contribution in [0.15, 0.2) is 43.5 Å². The molecule has 0 heterocycles. The molecule has 3 nitrogen and oxygen atoms in total. The molecular formula is C15H16ClF3N2O. The van der Waals surface area contributed by atoms with E-state index in [0.29, 0.717) is 18.8 Å². The summed E-state index contributed by atoms with van der Waals surface area (Å²) in [4.78, 5) is 13.2. The molecule has 120 valence electrons. The predicted octanol–water partition coefficient (Wildman–Crippen LogP) is 4.06. The summed E-state index contributed by atoms with van der Waals surface area (Å²) in [5.41, 5.74) is -0.367. The number of carbonyl (C=O) groups excluding carboxylic acids is 1. The van der Waals surface area contributed by atoms with E-state index < -0.39 is 17.6 Å². The maximum atomic E-state index is 12.8. The summed E-state index contributed by atoms with van der Waals surface area (Å²) >= 11 is 5.41. The summed E-state index contributed by atoms with van der Waals surface area (Å²) in [5.74, 6) is -0.933. The Bertz CT molecular complexity index is 548. The number of halogens is 4. The highest BCUT2D eigenvalue weighted by molar-refractivity contribution is 6.29. The lowest BCUT2D eigenvalue weighted by atomic mass is 10.1. The summed E-state index contributed by atoms with van der Waals surface area (Å²) < 4.78 is 38.5. The molecule has 0 aromatic heterocycles. The molecule has 1 N–H and O–H groups in total. The van der Waals surface area contributed by atoms with Crippen molar-refractivity contribution in [2.75, 3.05) is 29.2 Å². The Morgan fingerprint density at radius 2 is 1.86 bits per heavy atom. The number of hydrogen-bond acceptors (Lipinski definition) is 2. The average molecular weight is 333 g/mol. The van der Waals surface area contributed by atoms with Crippen LogP contribution in [0.1, 0.15) is 5.56 Å². The Balaban J connectivity index is 3.31. The Morgan fingerprint density at radius 3 is 2.32 bits per heavy atom. The van der Waals surface area contributed by atoms with Gasteiger partial charge in [-0.15, -0.1) is 24.8 Å². The zero-order chi connectivity index (χ0) is 16.8. The van der Waals surface area contributed by atoms with Gasteiger partial charge in [-0.2, -0.15) is 13.2 Å². The second-order valence-electron chi connectivity index (χ2n) is 4.39. The zero-order valence-corrected chi connectivity index (χ0v) is 12.5. The number of amides is 1. The Labute approximate surface area is 132 Å². The third-order valence-corrected chi connectivity index (χ3v) is 3.00. The fourth-order valence-corrected chi connectivity index (χ4v) is 1.92. The Kier molecular flexibility index (Phi) is 6.49. The SMILES string of the molecule is C=CCN(CC=C)c1ccc(C(F)(F)F)cc1NC(=O)CCl.